The van der Waals surface area contributed by atoms with Crippen LogP contribution in [0.4, 0.5) is 4.39 Å². The summed E-state index contributed by atoms with van der Waals surface area (Å²) >= 11 is 6.55. The second-order valence-electron chi connectivity index (χ2n) is 2.70. The molecule has 1 aromatic heterocycles. The van der Waals surface area contributed by atoms with Crippen molar-refractivity contribution in [2.75, 3.05) is 0 Å². The van der Waals surface area contributed by atoms with E-state index in [1.165, 1.54) is 12.1 Å². The normalized spacial score (nSPS) is 10.5. The summed E-state index contributed by atoms with van der Waals surface area (Å²) in [5.74, 6) is 0.446. The fourth-order valence-corrected chi connectivity index (χ4v) is 1.63. The van der Waals surface area contributed by atoms with Crippen LogP contribution in [0.25, 0.3) is 11.4 Å². The highest BCUT2D eigenvalue weighted by atomic mass is 79.9. The van der Waals surface area contributed by atoms with E-state index in [2.05, 4.69) is 41.8 Å². The Morgan fingerprint density at radius 3 is 2.29 bits per heavy atom. The van der Waals surface area contributed by atoms with Gasteiger partial charge in [-0.05, 0) is 56.1 Å². The van der Waals surface area contributed by atoms with Gasteiger partial charge in [-0.15, -0.1) is 0 Å². The molecule has 2 rings (SSSR count). The molecule has 1 heterocycles. The van der Waals surface area contributed by atoms with Gasteiger partial charge in [0.2, 0.25) is 0 Å². The number of halogens is 3. The molecule has 14 heavy (non-hydrogen) atoms. The van der Waals surface area contributed by atoms with E-state index in [1.54, 1.807) is 12.1 Å². The second-order valence-corrected chi connectivity index (χ2v) is 4.24. The Kier molecular flexibility index (Phi) is 2.69. The standard InChI is InChI=1S/C9H5Br2FN2/c10-7-8(11)14-9(13-7)5-1-3-6(12)4-2-5/h1-4H,(H,13,14). The third-order valence-electron chi connectivity index (χ3n) is 1.74. The van der Waals surface area contributed by atoms with E-state index in [0.29, 0.717) is 10.4 Å². The number of aromatic amines is 1. The van der Waals surface area contributed by atoms with E-state index in [-0.39, 0.29) is 5.82 Å². The van der Waals surface area contributed by atoms with Gasteiger partial charge in [0, 0.05) is 5.56 Å². The predicted octanol–water partition coefficient (Wildman–Crippen LogP) is 3.74. The van der Waals surface area contributed by atoms with E-state index in [1.807, 2.05) is 0 Å². The van der Waals surface area contributed by atoms with Crippen molar-refractivity contribution >= 4 is 31.9 Å². The van der Waals surface area contributed by atoms with Crippen molar-refractivity contribution in [3.63, 3.8) is 0 Å². The Hall–Kier alpha value is -0.680. The van der Waals surface area contributed by atoms with Gasteiger partial charge in [-0.25, -0.2) is 9.37 Å². The summed E-state index contributed by atoms with van der Waals surface area (Å²) < 4.78 is 14.1. The van der Waals surface area contributed by atoms with Crippen molar-refractivity contribution in [2.24, 2.45) is 0 Å². The largest absolute Gasteiger partial charge is 0.332 e. The summed E-state index contributed by atoms with van der Waals surface area (Å²) in [6.07, 6.45) is 0. The lowest BCUT2D eigenvalue weighted by atomic mass is 10.2. The molecular formula is C9H5Br2FN2. The number of aromatic nitrogens is 2. The molecular weight excluding hydrogens is 315 g/mol. The van der Waals surface area contributed by atoms with Crippen molar-refractivity contribution in [3.8, 4) is 11.4 Å². The summed E-state index contributed by atoms with van der Waals surface area (Å²) in [6.45, 7) is 0. The SMILES string of the molecule is Fc1ccc(-c2nc(Br)c(Br)[nH]2)cc1. The molecule has 0 spiro atoms. The number of H-pyrrole nitrogens is 1. The average Bonchev–Trinajstić information content (AvgIpc) is 2.48. The predicted molar refractivity (Wildman–Crippen MR) is 59.4 cm³/mol. The van der Waals surface area contributed by atoms with Gasteiger partial charge in [0.25, 0.3) is 0 Å². The Labute approximate surface area is 96.8 Å². The molecule has 72 valence electrons. The number of rotatable bonds is 1. The van der Waals surface area contributed by atoms with Crippen molar-refractivity contribution in [2.45, 2.75) is 0 Å². The van der Waals surface area contributed by atoms with Crippen molar-refractivity contribution in [1.82, 2.24) is 9.97 Å². The topological polar surface area (TPSA) is 28.7 Å². The Morgan fingerprint density at radius 1 is 1.14 bits per heavy atom. The zero-order chi connectivity index (χ0) is 10.1. The first-order valence-electron chi connectivity index (χ1n) is 3.84. The van der Waals surface area contributed by atoms with Crippen LogP contribution in [-0.4, -0.2) is 9.97 Å². The molecule has 0 aliphatic carbocycles. The molecule has 0 aliphatic heterocycles. The molecule has 0 fully saturated rings. The minimum absolute atomic E-state index is 0.251. The van der Waals surface area contributed by atoms with Crippen LogP contribution in [0.3, 0.4) is 0 Å². The van der Waals surface area contributed by atoms with Crippen LogP contribution in [0.2, 0.25) is 0 Å². The quantitative estimate of drug-likeness (QED) is 0.852. The first kappa shape index (κ1) is 9.86. The molecule has 0 bridgehead atoms. The summed E-state index contributed by atoms with van der Waals surface area (Å²) in [4.78, 5) is 7.22. The maximum Gasteiger partial charge on any atom is 0.139 e. The monoisotopic (exact) mass is 318 g/mol. The minimum Gasteiger partial charge on any atom is -0.332 e. The zero-order valence-corrected chi connectivity index (χ0v) is 10.1. The highest BCUT2D eigenvalue weighted by Gasteiger charge is 2.06. The average molecular weight is 320 g/mol. The van der Waals surface area contributed by atoms with E-state index < -0.39 is 0 Å². The van der Waals surface area contributed by atoms with Gasteiger partial charge >= 0.3 is 0 Å². The van der Waals surface area contributed by atoms with Gasteiger partial charge < -0.3 is 4.98 Å². The molecule has 0 saturated carbocycles. The van der Waals surface area contributed by atoms with Gasteiger partial charge in [-0.3, -0.25) is 0 Å². The van der Waals surface area contributed by atoms with Crippen LogP contribution < -0.4 is 0 Å². The van der Waals surface area contributed by atoms with Crippen molar-refractivity contribution in [3.05, 3.63) is 39.3 Å². The van der Waals surface area contributed by atoms with Crippen LogP contribution in [0.15, 0.2) is 33.5 Å². The number of nitrogens with zero attached hydrogens (tertiary/aromatic N) is 1. The van der Waals surface area contributed by atoms with Crippen LogP contribution in [0.1, 0.15) is 0 Å². The van der Waals surface area contributed by atoms with Gasteiger partial charge in [0.15, 0.2) is 0 Å². The first-order chi connectivity index (χ1) is 6.66. The lowest BCUT2D eigenvalue weighted by Gasteiger charge is -1.94. The smallest absolute Gasteiger partial charge is 0.139 e. The molecule has 1 aromatic carbocycles. The van der Waals surface area contributed by atoms with Gasteiger partial charge in [-0.2, -0.15) is 0 Å². The third-order valence-corrected chi connectivity index (χ3v) is 3.42. The van der Waals surface area contributed by atoms with Crippen LogP contribution in [-0.2, 0) is 0 Å². The van der Waals surface area contributed by atoms with Crippen LogP contribution in [0, 0.1) is 5.82 Å². The lowest BCUT2D eigenvalue weighted by Crippen LogP contribution is -1.80. The summed E-state index contributed by atoms with van der Waals surface area (Å²) in [6, 6.07) is 6.15. The zero-order valence-electron chi connectivity index (χ0n) is 6.89. The second kappa shape index (κ2) is 3.82. The molecule has 2 aromatic rings. The number of hydrogen-bond donors (Lipinski definition) is 1. The molecule has 0 radical (unpaired) electrons. The first-order valence-corrected chi connectivity index (χ1v) is 5.42. The number of nitrogens with one attached hydrogen (secondary N) is 1. The highest BCUT2D eigenvalue weighted by Crippen LogP contribution is 2.25. The third kappa shape index (κ3) is 1.88. The molecule has 0 atom stereocenters. The maximum absolute atomic E-state index is 12.6. The van der Waals surface area contributed by atoms with E-state index in [4.69, 9.17) is 0 Å². The fourth-order valence-electron chi connectivity index (χ4n) is 1.08. The van der Waals surface area contributed by atoms with Crippen LogP contribution >= 0.6 is 31.9 Å². The molecule has 0 unspecified atom stereocenters. The maximum atomic E-state index is 12.6. The summed E-state index contributed by atoms with van der Waals surface area (Å²) in [5, 5.41) is 0. The van der Waals surface area contributed by atoms with Crippen molar-refractivity contribution < 1.29 is 4.39 Å². The lowest BCUT2D eigenvalue weighted by molar-refractivity contribution is 0.628. The van der Waals surface area contributed by atoms with Crippen LogP contribution in [0.5, 0.6) is 0 Å². The van der Waals surface area contributed by atoms with Gasteiger partial charge in [0.1, 0.15) is 20.8 Å². The van der Waals surface area contributed by atoms with E-state index in [0.717, 1.165) is 10.2 Å². The Balaban J connectivity index is 2.44. The van der Waals surface area contributed by atoms with E-state index in [9.17, 15) is 4.39 Å². The Bertz CT molecular complexity index is 431. The number of imidazole rings is 1. The fraction of sp³-hybridized carbons (Fsp3) is 0. The molecule has 5 heteroatoms. The summed E-state index contributed by atoms with van der Waals surface area (Å²) in [5.41, 5.74) is 0.845. The van der Waals surface area contributed by atoms with Gasteiger partial charge in [0.05, 0.1) is 0 Å². The molecule has 0 aliphatic rings. The molecule has 0 saturated heterocycles. The van der Waals surface area contributed by atoms with Gasteiger partial charge in [-0.1, -0.05) is 0 Å². The molecule has 2 nitrogen and oxygen atoms in total. The highest BCUT2D eigenvalue weighted by molar-refractivity contribution is 9.13. The van der Waals surface area contributed by atoms with Crippen molar-refractivity contribution in [1.29, 1.82) is 0 Å². The molecule has 1 N–H and O–H groups in total. The summed E-state index contributed by atoms with van der Waals surface area (Å²) in [7, 11) is 0. The molecule has 0 amide bonds. The minimum atomic E-state index is -0.251. The Morgan fingerprint density at radius 2 is 1.79 bits per heavy atom. The number of hydrogen-bond acceptors (Lipinski definition) is 1. The number of benzene rings is 1. The van der Waals surface area contributed by atoms with E-state index >= 15 is 0 Å².